The van der Waals surface area contributed by atoms with Gasteiger partial charge in [0.15, 0.2) is 11.5 Å². The van der Waals surface area contributed by atoms with Crippen LogP contribution in [-0.2, 0) is 0 Å². The number of halogens is 3. The zero-order chi connectivity index (χ0) is 35.0. The average Bonchev–Trinajstić information content (AvgIpc) is 3.09. The molecule has 11 heteroatoms. The van der Waals surface area contributed by atoms with Gasteiger partial charge in [-0.05, 0) is 81.8 Å². The molecule has 3 aromatic carbocycles. The van der Waals surface area contributed by atoms with Crippen molar-refractivity contribution < 1.29 is 49.3 Å². The lowest BCUT2D eigenvalue weighted by molar-refractivity contribution is -0.914. The number of carbonyl (C=O) groups excluding carboxylic acids is 1. The molecule has 2 heterocycles. The third-order valence-electron chi connectivity index (χ3n) is 9.58. The average molecular weight is 757 g/mol. The van der Waals surface area contributed by atoms with Gasteiger partial charge in [0.2, 0.25) is 5.43 Å². The Labute approximate surface area is 303 Å². The van der Waals surface area contributed by atoms with Crippen LogP contribution in [0.15, 0.2) is 65.6 Å². The fourth-order valence-electron chi connectivity index (χ4n) is 6.83. The molecule has 5 rings (SSSR count). The van der Waals surface area contributed by atoms with Crippen molar-refractivity contribution in [3.05, 3.63) is 88.2 Å². The van der Waals surface area contributed by atoms with Crippen LogP contribution in [0, 0.1) is 11.6 Å². The van der Waals surface area contributed by atoms with Crippen molar-refractivity contribution in [1.29, 1.82) is 0 Å². The molecule has 0 N–H and O–H groups in total. The number of carbonyl (C=O) groups is 1. The number of methoxy groups -OCH3 is 2. The van der Waals surface area contributed by atoms with Crippen LogP contribution in [0.5, 0.6) is 17.2 Å². The fraction of sp³-hybridized carbons (Fsp3) is 0.436. The molecular weight excluding hydrogens is 708 g/mol. The second-order valence-electron chi connectivity index (χ2n) is 13.1. The Bertz CT molecular complexity index is 1810. The molecule has 1 amide bonds. The zero-order valence-corrected chi connectivity index (χ0v) is 31.1. The van der Waals surface area contributed by atoms with Gasteiger partial charge in [0.1, 0.15) is 22.9 Å². The molecule has 50 heavy (non-hydrogen) atoms. The largest absolute Gasteiger partial charge is 1.00 e. The van der Waals surface area contributed by atoms with Gasteiger partial charge in [-0.15, -0.1) is 0 Å². The van der Waals surface area contributed by atoms with Crippen LogP contribution >= 0.6 is 0 Å². The van der Waals surface area contributed by atoms with Gasteiger partial charge in [-0.1, -0.05) is 12.8 Å². The maximum Gasteiger partial charge on any atom is 0.263 e. The fourth-order valence-corrected chi connectivity index (χ4v) is 6.83. The number of unbranched alkanes of at least 4 members (excludes halogenated alkanes) is 4. The number of benzene rings is 3. The summed E-state index contributed by atoms with van der Waals surface area (Å²) in [6, 6.07) is 13.3. The minimum Gasteiger partial charge on any atom is -1.00 e. The van der Waals surface area contributed by atoms with E-state index in [0.29, 0.717) is 40.4 Å². The Morgan fingerprint density at radius 1 is 0.860 bits per heavy atom. The van der Waals surface area contributed by atoms with Crippen molar-refractivity contribution in [3.8, 4) is 22.9 Å². The molecule has 0 saturated carbocycles. The topological polar surface area (TPSA) is 70.0 Å². The normalized spacial score (nSPS) is 13.8. The van der Waals surface area contributed by atoms with E-state index in [-0.39, 0.29) is 34.8 Å². The number of piperidine rings is 1. The molecule has 1 aliphatic heterocycles. The third-order valence-corrected chi connectivity index (χ3v) is 9.58. The van der Waals surface area contributed by atoms with Crippen molar-refractivity contribution in [1.82, 2.24) is 4.57 Å². The molecule has 0 aliphatic carbocycles. The Kier molecular flexibility index (Phi) is 13.8. The molecule has 1 saturated heterocycles. The smallest absolute Gasteiger partial charge is 0.263 e. The van der Waals surface area contributed by atoms with Crippen molar-refractivity contribution in [3.63, 3.8) is 0 Å². The van der Waals surface area contributed by atoms with Gasteiger partial charge in [0, 0.05) is 47.7 Å². The van der Waals surface area contributed by atoms with Gasteiger partial charge < -0.3 is 45.1 Å². The number of rotatable bonds is 15. The number of pyridine rings is 1. The van der Waals surface area contributed by atoms with Crippen LogP contribution in [0.1, 0.15) is 68.6 Å². The maximum atomic E-state index is 14.1. The predicted molar refractivity (Wildman–Crippen MR) is 190 cm³/mol. The Morgan fingerprint density at radius 2 is 1.54 bits per heavy atom. The zero-order valence-electron chi connectivity index (χ0n) is 29.5. The van der Waals surface area contributed by atoms with Gasteiger partial charge in [0.25, 0.3) is 5.91 Å². The standard InChI is InChI=1S/C39H48F2N3O5.BrH/c1-5-42(31-23-28(40)22-29(41)24-31)39(46)34-27-43(30-14-17-36(47-3)37(25-30)48-4)35-26-32(15-16-33(35)38(34)45)49-21-13-8-6-7-10-18-44(2)19-11-9-12-20-44;/h14-17,22-27H,5-13,18-21H2,1-4H3;1H/q+1;/p-1. The summed E-state index contributed by atoms with van der Waals surface area (Å²) >= 11 is 0. The van der Waals surface area contributed by atoms with Gasteiger partial charge in [-0.25, -0.2) is 8.78 Å². The summed E-state index contributed by atoms with van der Waals surface area (Å²) in [6.07, 6.45) is 11.2. The first kappa shape index (κ1) is 38.8. The van der Waals surface area contributed by atoms with Crippen molar-refractivity contribution in [2.24, 2.45) is 0 Å². The number of hydrogen-bond acceptors (Lipinski definition) is 5. The number of ether oxygens (including phenoxy) is 3. The molecule has 0 radical (unpaired) electrons. The third kappa shape index (κ3) is 9.23. The number of amides is 1. The van der Waals surface area contributed by atoms with Crippen LogP contribution < -0.4 is 41.5 Å². The minimum atomic E-state index is -0.821. The summed E-state index contributed by atoms with van der Waals surface area (Å²) in [4.78, 5) is 29.0. The summed E-state index contributed by atoms with van der Waals surface area (Å²) < 4.78 is 48.3. The highest BCUT2D eigenvalue weighted by Gasteiger charge is 2.25. The van der Waals surface area contributed by atoms with E-state index < -0.39 is 23.0 Å². The number of aromatic nitrogens is 1. The van der Waals surface area contributed by atoms with E-state index in [1.165, 1.54) is 88.0 Å². The van der Waals surface area contributed by atoms with E-state index >= 15 is 0 Å². The van der Waals surface area contributed by atoms with E-state index in [0.717, 1.165) is 31.0 Å². The van der Waals surface area contributed by atoms with Crippen molar-refractivity contribution >= 4 is 22.5 Å². The van der Waals surface area contributed by atoms with E-state index in [9.17, 15) is 18.4 Å². The Balaban J connectivity index is 0.00000562. The lowest BCUT2D eigenvalue weighted by atomic mass is 10.1. The second kappa shape index (κ2) is 17.8. The van der Waals surface area contributed by atoms with Gasteiger partial charge in [-0.3, -0.25) is 9.59 Å². The summed E-state index contributed by atoms with van der Waals surface area (Å²) in [7, 11) is 5.47. The number of hydrogen-bond donors (Lipinski definition) is 0. The van der Waals surface area contributed by atoms with Crippen LogP contribution in [0.3, 0.4) is 0 Å². The summed E-state index contributed by atoms with van der Waals surface area (Å²) in [6.45, 7) is 6.19. The molecule has 270 valence electrons. The first-order chi connectivity index (χ1) is 23.7. The number of fused-ring (bicyclic) bond motifs is 1. The molecule has 0 unspecified atom stereocenters. The van der Waals surface area contributed by atoms with Crippen LogP contribution in [0.25, 0.3) is 16.6 Å². The number of anilines is 1. The first-order valence-corrected chi connectivity index (χ1v) is 17.3. The van der Waals surface area contributed by atoms with Gasteiger partial charge >= 0.3 is 0 Å². The molecule has 1 fully saturated rings. The van der Waals surface area contributed by atoms with Crippen molar-refractivity contribution in [2.45, 2.75) is 58.3 Å². The van der Waals surface area contributed by atoms with Gasteiger partial charge in [-0.2, -0.15) is 0 Å². The first-order valence-electron chi connectivity index (χ1n) is 17.3. The number of likely N-dealkylation sites (tertiary alicyclic amines) is 1. The maximum absolute atomic E-state index is 14.1. The minimum absolute atomic E-state index is 0. The molecule has 1 aliphatic rings. The molecular formula is C39H48BrF2N3O5. The summed E-state index contributed by atoms with van der Waals surface area (Å²) in [5.74, 6) is -0.737. The molecule has 4 aromatic rings. The predicted octanol–water partition coefficient (Wildman–Crippen LogP) is 4.92. The highest BCUT2D eigenvalue weighted by atomic mass is 79.9. The molecule has 8 nitrogen and oxygen atoms in total. The molecule has 0 bridgehead atoms. The van der Waals surface area contributed by atoms with E-state index in [2.05, 4.69) is 7.05 Å². The van der Waals surface area contributed by atoms with Crippen LogP contribution in [0.4, 0.5) is 14.5 Å². The monoisotopic (exact) mass is 755 g/mol. The highest BCUT2D eigenvalue weighted by molar-refractivity contribution is 6.07. The number of nitrogens with zero attached hydrogens (tertiary/aromatic N) is 3. The quantitative estimate of drug-likeness (QED) is 0.127. The summed E-state index contributed by atoms with van der Waals surface area (Å²) in [5, 5.41) is 0.291. The lowest BCUT2D eigenvalue weighted by Gasteiger charge is -2.37. The SMILES string of the molecule is CCN(C(=O)c1cn(-c2ccc(OC)c(OC)c2)c2cc(OCCCCCCC[N+]3(C)CCCCC3)ccc2c1=O)c1cc(F)cc(F)c1.[Br-]. The number of quaternary nitrogens is 1. The van der Waals surface area contributed by atoms with Gasteiger partial charge in [0.05, 0.1) is 53.0 Å². The summed E-state index contributed by atoms with van der Waals surface area (Å²) in [5.41, 5.74) is 0.497. The van der Waals surface area contributed by atoms with Crippen molar-refractivity contribution in [2.75, 3.05) is 59.0 Å². The van der Waals surface area contributed by atoms with E-state index in [4.69, 9.17) is 14.2 Å². The Morgan fingerprint density at radius 3 is 2.22 bits per heavy atom. The lowest BCUT2D eigenvalue weighted by Crippen LogP contribution is -3.00. The second-order valence-corrected chi connectivity index (χ2v) is 13.1. The highest BCUT2D eigenvalue weighted by Crippen LogP contribution is 2.32. The molecule has 1 aromatic heterocycles. The molecule has 0 spiro atoms. The van der Waals surface area contributed by atoms with Crippen LogP contribution in [0.2, 0.25) is 0 Å². The molecule has 0 atom stereocenters. The van der Waals surface area contributed by atoms with E-state index in [1.807, 2.05) is 0 Å². The van der Waals surface area contributed by atoms with Crippen LogP contribution in [-0.4, -0.2) is 69.0 Å². The van der Waals surface area contributed by atoms with E-state index in [1.54, 1.807) is 47.9 Å². The Hall–Kier alpha value is -3.96.